The molecule has 3 nitrogen and oxygen atoms in total. The van der Waals surface area contributed by atoms with Crippen molar-refractivity contribution in [1.29, 1.82) is 0 Å². The van der Waals surface area contributed by atoms with Gasteiger partial charge >= 0.3 is 5.97 Å². The Labute approximate surface area is 147 Å². The molecule has 1 aromatic carbocycles. The number of unbranched alkanes of at least 4 members (excludes halogenated alkanes) is 9. The Morgan fingerprint density at radius 2 is 1.46 bits per heavy atom. The molecule has 1 rings (SSSR count). The quantitative estimate of drug-likeness (QED) is 0.434. The summed E-state index contributed by atoms with van der Waals surface area (Å²) in [7, 11) is 0. The van der Waals surface area contributed by atoms with E-state index in [2.05, 4.69) is 12.2 Å². The van der Waals surface area contributed by atoms with E-state index in [9.17, 15) is 9.90 Å². The van der Waals surface area contributed by atoms with E-state index in [1.165, 1.54) is 57.8 Å². The van der Waals surface area contributed by atoms with E-state index in [1.807, 2.05) is 30.3 Å². The molecule has 0 bridgehead atoms. The first-order valence-corrected chi connectivity index (χ1v) is 9.74. The number of hydrogen-bond donors (Lipinski definition) is 2. The first kappa shape index (κ1) is 20.7. The summed E-state index contributed by atoms with van der Waals surface area (Å²) in [6, 6.07) is 9.35. The minimum atomic E-state index is -0.758. The van der Waals surface area contributed by atoms with Crippen LogP contribution in [0, 0.1) is 0 Å². The Morgan fingerprint density at radius 1 is 0.917 bits per heavy atom. The molecule has 24 heavy (non-hydrogen) atoms. The van der Waals surface area contributed by atoms with Crippen LogP contribution in [-0.4, -0.2) is 23.7 Å². The second kappa shape index (κ2) is 14.0. The number of carboxylic acid groups (broad SMARTS) is 1. The zero-order valence-corrected chi connectivity index (χ0v) is 15.3. The summed E-state index contributed by atoms with van der Waals surface area (Å²) in [5.74, 6) is -0.758. The van der Waals surface area contributed by atoms with Crippen molar-refractivity contribution < 1.29 is 9.90 Å². The van der Waals surface area contributed by atoms with Crippen LogP contribution >= 0.6 is 0 Å². The Morgan fingerprint density at radius 3 is 2.00 bits per heavy atom. The van der Waals surface area contributed by atoms with E-state index >= 15 is 0 Å². The lowest BCUT2D eigenvalue weighted by Gasteiger charge is -2.14. The average molecular weight is 334 g/mol. The zero-order valence-electron chi connectivity index (χ0n) is 15.3. The molecule has 0 saturated carbocycles. The first-order valence-electron chi connectivity index (χ1n) is 9.74. The van der Waals surface area contributed by atoms with Gasteiger partial charge < -0.3 is 10.4 Å². The lowest BCUT2D eigenvalue weighted by atomic mass is 10.1. The molecule has 0 aliphatic carbocycles. The zero-order chi connectivity index (χ0) is 17.5. The molecule has 1 atom stereocenters. The molecule has 0 fully saturated rings. The van der Waals surface area contributed by atoms with Crippen LogP contribution in [0.5, 0.6) is 0 Å². The van der Waals surface area contributed by atoms with Gasteiger partial charge in [0.1, 0.15) is 6.04 Å². The van der Waals surface area contributed by atoms with Crippen molar-refractivity contribution in [3.63, 3.8) is 0 Å². The van der Waals surface area contributed by atoms with Crippen molar-refractivity contribution in [1.82, 2.24) is 5.32 Å². The van der Waals surface area contributed by atoms with E-state index in [1.54, 1.807) is 0 Å². The summed E-state index contributed by atoms with van der Waals surface area (Å²) in [5.41, 5.74) is 1.07. The lowest BCUT2D eigenvalue weighted by molar-refractivity contribution is -0.139. The maximum absolute atomic E-state index is 11.4. The summed E-state index contributed by atoms with van der Waals surface area (Å²) in [6.45, 7) is 3.04. The van der Waals surface area contributed by atoms with Gasteiger partial charge in [-0.05, 0) is 24.9 Å². The van der Waals surface area contributed by atoms with Gasteiger partial charge in [-0.3, -0.25) is 4.79 Å². The summed E-state index contributed by atoms with van der Waals surface area (Å²) < 4.78 is 0. The highest BCUT2D eigenvalue weighted by molar-refractivity contribution is 5.73. The number of aliphatic carboxylic acids is 1. The molecule has 0 saturated heterocycles. The van der Waals surface area contributed by atoms with Crippen LogP contribution in [0.15, 0.2) is 30.3 Å². The van der Waals surface area contributed by atoms with Gasteiger partial charge in [0, 0.05) is 0 Å². The standard InChI is InChI=1S/C21H35NO2/c1-2-3-4-5-6-7-8-9-10-14-17-22-20(21(23)24)18-19-15-12-11-13-16-19/h11-13,15-16,20,22H,2-10,14,17-18H2,1H3,(H,23,24)/t20-/m1/s1. The van der Waals surface area contributed by atoms with Crippen molar-refractivity contribution in [3.8, 4) is 0 Å². The second-order valence-electron chi connectivity index (χ2n) is 6.72. The second-order valence-corrected chi connectivity index (χ2v) is 6.72. The molecule has 136 valence electrons. The number of nitrogens with one attached hydrogen (secondary N) is 1. The Kier molecular flexibility index (Phi) is 12.1. The van der Waals surface area contributed by atoms with Crippen molar-refractivity contribution in [2.45, 2.75) is 83.6 Å². The van der Waals surface area contributed by atoms with Crippen LogP contribution < -0.4 is 5.32 Å². The van der Waals surface area contributed by atoms with Crippen molar-refractivity contribution in [2.75, 3.05) is 6.54 Å². The van der Waals surface area contributed by atoms with Gasteiger partial charge in [-0.25, -0.2) is 0 Å². The SMILES string of the molecule is CCCCCCCCCCCCN[C@H](Cc1ccccc1)C(=O)O. The molecule has 0 heterocycles. The molecule has 0 radical (unpaired) electrons. The predicted octanol–water partition coefficient (Wildman–Crippen LogP) is 5.19. The van der Waals surface area contributed by atoms with Gasteiger partial charge in [0.2, 0.25) is 0 Å². The van der Waals surface area contributed by atoms with E-state index in [0.29, 0.717) is 6.42 Å². The molecule has 0 aliphatic rings. The number of benzene rings is 1. The third-order valence-electron chi connectivity index (χ3n) is 4.50. The molecule has 0 amide bonds. The third-order valence-corrected chi connectivity index (χ3v) is 4.50. The largest absolute Gasteiger partial charge is 0.480 e. The first-order chi connectivity index (χ1) is 11.7. The van der Waals surface area contributed by atoms with Crippen molar-refractivity contribution in [2.24, 2.45) is 0 Å². The maximum Gasteiger partial charge on any atom is 0.321 e. The molecule has 0 aromatic heterocycles. The summed E-state index contributed by atoms with van der Waals surface area (Å²) in [5, 5.41) is 12.5. The molecule has 0 unspecified atom stereocenters. The molecular weight excluding hydrogens is 298 g/mol. The predicted molar refractivity (Wildman–Crippen MR) is 101 cm³/mol. The Balaban J connectivity index is 2.02. The van der Waals surface area contributed by atoms with Crippen molar-refractivity contribution in [3.05, 3.63) is 35.9 Å². The van der Waals surface area contributed by atoms with E-state index in [0.717, 1.165) is 18.5 Å². The van der Waals surface area contributed by atoms with Crippen LogP contribution in [-0.2, 0) is 11.2 Å². The Hall–Kier alpha value is -1.35. The smallest absolute Gasteiger partial charge is 0.321 e. The van der Waals surface area contributed by atoms with E-state index in [4.69, 9.17) is 0 Å². The fourth-order valence-corrected chi connectivity index (χ4v) is 2.99. The van der Waals surface area contributed by atoms with Gasteiger partial charge in [-0.1, -0.05) is 95.0 Å². The number of rotatable bonds is 15. The van der Waals surface area contributed by atoms with Crippen LogP contribution in [0.4, 0.5) is 0 Å². The topological polar surface area (TPSA) is 49.3 Å². The average Bonchev–Trinajstić information content (AvgIpc) is 2.59. The summed E-state index contributed by atoms with van der Waals surface area (Å²) >= 11 is 0. The molecule has 0 spiro atoms. The summed E-state index contributed by atoms with van der Waals surface area (Å²) in [4.78, 5) is 11.4. The van der Waals surface area contributed by atoms with Crippen LogP contribution in [0.2, 0.25) is 0 Å². The highest BCUT2D eigenvalue weighted by Crippen LogP contribution is 2.10. The molecule has 2 N–H and O–H groups in total. The molecule has 3 heteroatoms. The molecule has 0 aliphatic heterocycles. The minimum Gasteiger partial charge on any atom is -0.480 e. The highest BCUT2D eigenvalue weighted by atomic mass is 16.4. The molecular formula is C21H35NO2. The van der Waals surface area contributed by atoms with Gasteiger partial charge in [0.05, 0.1) is 0 Å². The van der Waals surface area contributed by atoms with E-state index < -0.39 is 12.0 Å². The van der Waals surface area contributed by atoms with Crippen LogP contribution in [0.1, 0.15) is 76.7 Å². The molecule has 1 aromatic rings. The number of carbonyl (C=O) groups is 1. The number of hydrogen-bond acceptors (Lipinski definition) is 2. The van der Waals surface area contributed by atoms with E-state index in [-0.39, 0.29) is 0 Å². The monoisotopic (exact) mass is 333 g/mol. The van der Waals surface area contributed by atoms with Crippen LogP contribution in [0.25, 0.3) is 0 Å². The summed E-state index contributed by atoms with van der Waals surface area (Å²) in [6.07, 6.45) is 13.6. The van der Waals surface area contributed by atoms with Crippen molar-refractivity contribution >= 4 is 5.97 Å². The van der Waals surface area contributed by atoms with Gasteiger partial charge in [0.25, 0.3) is 0 Å². The fourth-order valence-electron chi connectivity index (χ4n) is 2.99. The highest BCUT2D eigenvalue weighted by Gasteiger charge is 2.16. The Bertz CT molecular complexity index is 419. The van der Waals surface area contributed by atoms with Gasteiger partial charge in [-0.2, -0.15) is 0 Å². The maximum atomic E-state index is 11.4. The fraction of sp³-hybridized carbons (Fsp3) is 0.667. The van der Waals surface area contributed by atoms with Gasteiger partial charge in [-0.15, -0.1) is 0 Å². The van der Waals surface area contributed by atoms with Gasteiger partial charge in [0.15, 0.2) is 0 Å². The van der Waals surface area contributed by atoms with Crippen LogP contribution in [0.3, 0.4) is 0 Å². The minimum absolute atomic E-state index is 0.481. The third kappa shape index (κ3) is 10.4. The normalized spacial score (nSPS) is 12.2. The lowest BCUT2D eigenvalue weighted by Crippen LogP contribution is -2.39. The number of carboxylic acids is 1.